The molecule has 14 heteroatoms. The predicted octanol–water partition coefficient (Wildman–Crippen LogP) is 2.78. The molecule has 14 nitrogen and oxygen atoms in total. The highest BCUT2D eigenvalue weighted by Crippen LogP contribution is 2.46. The van der Waals surface area contributed by atoms with E-state index < -0.39 is 60.0 Å². The zero-order chi connectivity index (χ0) is 36.1. The summed E-state index contributed by atoms with van der Waals surface area (Å²) in [5.74, 6) is -2.08. The fraction of sp³-hybridized carbons (Fsp3) is 0.824. The van der Waals surface area contributed by atoms with E-state index in [9.17, 15) is 28.8 Å². The van der Waals surface area contributed by atoms with E-state index in [0.717, 1.165) is 9.80 Å². The standard InChI is InChI=1S/C34H56N6O8/c1-29(2)19-33(20-30(3,4)37(29)9)25(43)39(27(45)35-33)17-23(41)47-15-13-11-12-14-16-48-24(42)18-40-26(44)34(36-28(40)46)21-31(5,6)38(10)32(7,8)22-34/h11-22H2,1-10H3,(H,35,45)(H,36,46). The van der Waals surface area contributed by atoms with Crippen molar-refractivity contribution < 1.29 is 38.2 Å². The van der Waals surface area contributed by atoms with Gasteiger partial charge in [-0.05, 0) is 121 Å². The lowest BCUT2D eigenvalue weighted by Crippen LogP contribution is -2.68. The van der Waals surface area contributed by atoms with Crippen molar-refractivity contribution in [3.8, 4) is 0 Å². The minimum atomic E-state index is -1.06. The van der Waals surface area contributed by atoms with Crippen LogP contribution in [0.5, 0.6) is 0 Å². The Morgan fingerprint density at radius 1 is 0.562 bits per heavy atom. The van der Waals surface area contributed by atoms with Crippen molar-refractivity contribution in [2.75, 3.05) is 40.4 Å². The van der Waals surface area contributed by atoms with Gasteiger partial charge in [0.15, 0.2) is 0 Å². The van der Waals surface area contributed by atoms with Crippen LogP contribution in [0.3, 0.4) is 0 Å². The Morgan fingerprint density at radius 3 is 1.15 bits per heavy atom. The Labute approximate surface area is 284 Å². The van der Waals surface area contributed by atoms with E-state index in [4.69, 9.17) is 9.47 Å². The second-order valence-electron chi connectivity index (χ2n) is 16.7. The number of nitrogens with one attached hydrogen (secondary N) is 2. The highest BCUT2D eigenvalue weighted by molar-refractivity contribution is 6.09. The largest absolute Gasteiger partial charge is 0.464 e. The molecular weight excluding hydrogens is 620 g/mol. The molecule has 0 aromatic heterocycles. The van der Waals surface area contributed by atoms with Crippen molar-refractivity contribution in [1.82, 2.24) is 30.2 Å². The van der Waals surface area contributed by atoms with Gasteiger partial charge in [0.25, 0.3) is 11.8 Å². The molecule has 4 rings (SSSR count). The van der Waals surface area contributed by atoms with E-state index in [0.29, 0.717) is 51.4 Å². The third kappa shape index (κ3) is 7.19. The number of piperidine rings is 2. The number of nitrogens with zero attached hydrogens (tertiary/aromatic N) is 4. The molecule has 48 heavy (non-hydrogen) atoms. The monoisotopic (exact) mass is 676 g/mol. The molecule has 0 aliphatic carbocycles. The third-order valence-electron chi connectivity index (χ3n) is 11.2. The first kappa shape index (κ1) is 37.6. The molecule has 4 heterocycles. The Morgan fingerprint density at radius 2 is 0.854 bits per heavy atom. The van der Waals surface area contributed by atoms with E-state index in [1.54, 1.807) is 0 Å². The number of hydrogen-bond donors (Lipinski definition) is 2. The van der Waals surface area contributed by atoms with Gasteiger partial charge in [0.05, 0.1) is 13.2 Å². The Kier molecular flexibility index (Phi) is 10.1. The first-order chi connectivity index (χ1) is 22.0. The number of ether oxygens (including phenoxy) is 2. The quantitative estimate of drug-likeness (QED) is 0.189. The molecule has 4 aliphatic rings. The SMILES string of the molecule is CN1C(C)(C)CC2(CC1(C)C)NC(=O)N(CC(=O)OCCCCCCOC(=O)CN1C(=O)NC3(CC(C)(C)N(C)C(C)(C)C3)C1=O)C2=O. The lowest BCUT2D eigenvalue weighted by atomic mass is 9.69. The summed E-state index contributed by atoms with van der Waals surface area (Å²) in [6.45, 7) is 15.7. The van der Waals surface area contributed by atoms with E-state index in [2.05, 4.69) is 20.4 Å². The lowest BCUT2D eigenvalue weighted by Gasteiger charge is -2.56. The van der Waals surface area contributed by atoms with Crippen LogP contribution >= 0.6 is 0 Å². The number of unbranched alkanes of at least 4 members (excludes halogenated alkanes) is 3. The highest BCUT2D eigenvalue weighted by Gasteiger charge is 2.62. The van der Waals surface area contributed by atoms with Crippen molar-refractivity contribution in [2.24, 2.45) is 0 Å². The number of carbonyl (C=O) groups excluding carboxylic acids is 6. The van der Waals surface area contributed by atoms with Gasteiger partial charge in [-0.3, -0.25) is 38.8 Å². The second-order valence-corrected chi connectivity index (χ2v) is 16.7. The Balaban J connectivity index is 1.13. The number of esters is 2. The molecular formula is C34H56N6O8. The summed E-state index contributed by atoms with van der Waals surface area (Å²) in [4.78, 5) is 83.8. The number of likely N-dealkylation sites (tertiary alicyclic amines) is 2. The minimum Gasteiger partial charge on any atom is -0.464 e. The summed E-state index contributed by atoms with van der Waals surface area (Å²) in [5, 5.41) is 5.76. The molecule has 0 radical (unpaired) electrons. The van der Waals surface area contributed by atoms with Crippen LogP contribution in [0.1, 0.15) is 107 Å². The normalized spacial score (nSPS) is 25.4. The molecule has 2 N–H and O–H groups in total. The van der Waals surface area contributed by atoms with Gasteiger partial charge in [-0.2, -0.15) is 0 Å². The maximum absolute atomic E-state index is 13.4. The molecule has 4 aliphatic heterocycles. The first-order valence-corrected chi connectivity index (χ1v) is 17.1. The molecule has 0 aromatic rings. The van der Waals surface area contributed by atoms with Gasteiger partial charge in [-0.25, -0.2) is 9.59 Å². The van der Waals surface area contributed by atoms with Gasteiger partial charge in [-0.15, -0.1) is 0 Å². The molecule has 4 fully saturated rings. The molecule has 0 bridgehead atoms. The van der Waals surface area contributed by atoms with Gasteiger partial charge in [0.2, 0.25) is 0 Å². The highest BCUT2D eigenvalue weighted by atomic mass is 16.5. The third-order valence-corrected chi connectivity index (χ3v) is 11.2. The van der Waals surface area contributed by atoms with Gasteiger partial charge in [0.1, 0.15) is 24.2 Å². The fourth-order valence-electron chi connectivity index (χ4n) is 8.59. The number of urea groups is 2. The molecule has 4 saturated heterocycles. The maximum Gasteiger partial charge on any atom is 0.326 e. The first-order valence-electron chi connectivity index (χ1n) is 17.1. The van der Waals surface area contributed by atoms with E-state index in [1.165, 1.54) is 0 Å². The predicted molar refractivity (Wildman–Crippen MR) is 177 cm³/mol. The number of amides is 6. The lowest BCUT2D eigenvalue weighted by molar-refractivity contribution is -0.150. The molecule has 2 spiro atoms. The fourth-order valence-corrected chi connectivity index (χ4v) is 8.59. The van der Waals surface area contributed by atoms with Crippen molar-refractivity contribution in [3.05, 3.63) is 0 Å². The van der Waals surface area contributed by atoms with Crippen molar-refractivity contribution in [3.63, 3.8) is 0 Å². The summed E-state index contributed by atoms with van der Waals surface area (Å²) in [6, 6.07) is -1.15. The van der Waals surface area contributed by atoms with Crippen LogP contribution in [0.2, 0.25) is 0 Å². The Bertz CT molecular complexity index is 1200. The van der Waals surface area contributed by atoms with E-state index in [-0.39, 0.29) is 35.4 Å². The smallest absolute Gasteiger partial charge is 0.326 e. The van der Waals surface area contributed by atoms with Crippen molar-refractivity contribution in [2.45, 2.75) is 140 Å². The number of carbonyl (C=O) groups is 6. The van der Waals surface area contributed by atoms with E-state index >= 15 is 0 Å². The van der Waals surface area contributed by atoms with Gasteiger partial charge >= 0.3 is 24.0 Å². The second kappa shape index (κ2) is 12.9. The topological polar surface area (TPSA) is 158 Å². The van der Waals surface area contributed by atoms with Crippen LogP contribution in [-0.2, 0) is 28.7 Å². The maximum atomic E-state index is 13.4. The summed E-state index contributed by atoms with van der Waals surface area (Å²) < 4.78 is 10.6. The van der Waals surface area contributed by atoms with Crippen LogP contribution in [0.25, 0.3) is 0 Å². The average Bonchev–Trinajstić information content (AvgIpc) is 3.29. The zero-order valence-corrected chi connectivity index (χ0v) is 30.5. The number of imide groups is 2. The number of rotatable bonds is 11. The van der Waals surface area contributed by atoms with Crippen LogP contribution in [0.15, 0.2) is 0 Å². The van der Waals surface area contributed by atoms with Crippen molar-refractivity contribution in [1.29, 1.82) is 0 Å². The van der Waals surface area contributed by atoms with E-state index in [1.807, 2.05) is 69.5 Å². The van der Waals surface area contributed by atoms with Gasteiger partial charge in [-0.1, -0.05) is 0 Å². The molecule has 0 saturated carbocycles. The summed E-state index contributed by atoms with van der Waals surface area (Å²) in [5.41, 5.74) is -3.47. The van der Waals surface area contributed by atoms with Crippen LogP contribution < -0.4 is 10.6 Å². The average molecular weight is 677 g/mol. The van der Waals surface area contributed by atoms with Crippen LogP contribution in [0, 0.1) is 0 Å². The summed E-state index contributed by atoms with van der Waals surface area (Å²) >= 11 is 0. The molecule has 0 aromatic carbocycles. The molecule has 0 unspecified atom stereocenters. The Hall–Kier alpha value is -3.26. The molecule has 6 amide bonds. The summed E-state index contributed by atoms with van der Waals surface area (Å²) in [6.07, 6.45) is 4.27. The van der Waals surface area contributed by atoms with Crippen LogP contribution in [-0.4, -0.2) is 129 Å². The minimum absolute atomic E-state index is 0.135. The van der Waals surface area contributed by atoms with Crippen LogP contribution in [0.4, 0.5) is 9.59 Å². The van der Waals surface area contributed by atoms with Gasteiger partial charge in [0, 0.05) is 22.2 Å². The van der Waals surface area contributed by atoms with Gasteiger partial charge < -0.3 is 20.1 Å². The molecule has 0 atom stereocenters. The zero-order valence-electron chi connectivity index (χ0n) is 30.5. The molecule has 270 valence electrons. The number of hydrogen-bond acceptors (Lipinski definition) is 10. The van der Waals surface area contributed by atoms with Crippen molar-refractivity contribution >= 4 is 35.8 Å². The summed E-state index contributed by atoms with van der Waals surface area (Å²) in [7, 11) is 4.03.